The van der Waals surface area contributed by atoms with Gasteiger partial charge in [-0.05, 0) is 12.1 Å². The Morgan fingerprint density at radius 1 is 1.56 bits per heavy atom. The van der Waals surface area contributed by atoms with Crippen LogP contribution in [-0.2, 0) is 19.6 Å². The fourth-order valence-electron chi connectivity index (χ4n) is 1.62. The third-order valence-electron chi connectivity index (χ3n) is 2.48. The van der Waals surface area contributed by atoms with Crippen LogP contribution in [0.25, 0.3) is 0 Å². The number of carbonyl (C=O) groups is 1. The summed E-state index contributed by atoms with van der Waals surface area (Å²) in [7, 11) is -3.83. The summed E-state index contributed by atoms with van der Waals surface area (Å²) in [5, 5.41) is 9.02. The van der Waals surface area contributed by atoms with Gasteiger partial charge in [-0.3, -0.25) is 4.79 Å². The van der Waals surface area contributed by atoms with Crippen LogP contribution in [0.3, 0.4) is 0 Å². The molecule has 0 spiro atoms. The van der Waals surface area contributed by atoms with E-state index >= 15 is 0 Å². The van der Waals surface area contributed by atoms with Gasteiger partial charge in [0, 0.05) is 6.54 Å². The third kappa shape index (κ3) is 2.52. The molecule has 0 amide bonds. The van der Waals surface area contributed by atoms with Crippen molar-refractivity contribution >= 4 is 38.9 Å². The van der Waals surface area contributed by atoms with Gasteiger partial charge in [-0.1, -0.05) is 11.6 Å². The molecule has 1 aromatic heterocycles. The predicted molar refractivity (Wildman–Crippen MR) is 65.5 cm³/mol. The third-order valence-corrected chi connectivity index (χ3v) is 6.08. The van der Waals surface area contributed by atoms with Gasteiger partial charge in [0.2, 0.25) is 0 Å². The van der Waals surface area contributed by atoms with Crippen LogP contribution in [0.15, 0.2) is 16.3 Å². The normalized spacial score (nSPS) is 21.9. The second-order valence-electron chi connectivity index (χ2n) is 3.60. The van der Waals surface area contributed by atoms with E-state index in [2.05, 4.69) is 0 Å². The van der Waals surface area contributed by atoms with E-state index in [0.717, 1.165) is 15.6 Å². The Morgan fingerprint density at radius 3 is 2.83 bits per heavy atom. The zero-order valence-electron chi connectivity index (χ0n) is 9.08. The molecule has 1 unspecified atom stereocenters. The highest BCUT2D eigenvalue weighted by Crippen LogP contribution is 2.29. The molecule has 0 radical (unpaired) electrons. The second kappa shape index (κ2) is 5.14. The van der Waals surface area contributed by atoms with Crippen LogP contribution in [0, 0.1) is 0 Å². The maximum Gasteiger partial charge on any atom is 0.324 e. The summed E-state index contributed by atoms with van der Waals surface area (Å²) in [5.41, 5.74) is 0. The lowest BCUT2D eigenvalue weighted by Crippen LogP contribution is -2.52. The van der Waals surface area contributed by atoms with Crippen molar-refractivity contribution in [2.24, 2.45) is 0 Å². The molecule has 1 atom stereocenters. The highest BCUT2D eigenvalue weighted by atomic mass is 35.5. The maximum absolute atomic E-state index is 12.3. The minimum atomic E-state index is -3.83. The van der Waals surface area contributed by atoms with Crippen molar-refractivity contribution in [2.75, 3.05) is 19.8 Å². The van der Waals surface area contributed by atoms with Crippen molar-refractivity contribution in [3.8, 4) is 0 Å². The Hall–Kier alpha value is -0.670. The van der Waals surface area contributed by atoms with Gasteiger partial charge in [0.1, 0.15) is 10.3 Å². The maximum atomic E-state index is 12.3. The molecule has 1 N–H and O–H groups in total. The highest BCUT2D eigenvalue weighted by molar-refractivity contribution is 7.91. The van der Waals surface area contributed by atoms with Gasteiger partial charge in [-0.25, -0.2) is 8.42 Å². The van der Waals surface area contributed by atoms with E-state index in [1.807, 2.05) is 0 Å². The minimum absolute atomic E-state index is 0.0226. The van der Waals surface area contributed by atoms with Crippen molar-refractivity contribution in [3.63, 3.8) is 0 Å². The van der Waals surface area contributed by atoms with Crippen LogP contribution in [0.1, 0.15) is 0 Å². The fourth-order valence-corrected chi connectivity index (χ4v) is 4.79. The van der Waals surface area contributed by atoms with Crippen LogP contribution in [0.2, 0.25) is 4.34 Å². The van der Waals surface area contributed by atoms with E-state index in [4.69, 9.17) is 21.4 Å². The molecule has 0 bridgehead atoms. The van der Waals surface area contributed by atoms with E-state index in [9.17, 15) is 13.2 Å². The number of thiophene rings is 1. The number of carboxylic acid groups (broad SMARTS) is 1. The van der Waals surface area contributed by atoms with Gasteiger partial charge >= 0.3 is 5.97 Å². The van der Waals surface area contributed by atoms with Gasteiger partial charge in [-0.15, -0.1) is 11.3 Å². The van der Waals surface area contributed by atoms with E-state index in [-0.39, 0.29) is 24.0 Å². The number of hydrogen-bond acceptors (Lipinski definition) is 5. The molecule has 18 heavy (non-hydrogen) atoms. The van der Waals surface area contributed by atoms with Crippen molar-refractivity contribution in [1.29, 1.82) is 0 Å². The number of ether oxygens (including phenoxy) is 1. The zero-order valence-corrected chi connectivity index (χ0v) is 11.5. The fraction of sp³-hybridized carbons (Fsp3) is 0.444. The topological polar surface area (TPSA) is 83.9 Å². The van der Waals surface area contributed by atoms with Crippen molar-refractivity contribution in [1.82, 2.24) is 4.31 Å². The second-order valence-corrected chi connectivity index (χ2v) is 7.44. The lowest BCUT2D eigenvalue weighted by atomic mass is 10.3. The molecule has 2 rings (SSSR count). The molecular weight excluding hydrogens is 302 g/mol. The molecular formula is C9H10ClNO5S2. The number of rotatable bonds is 3. The summed E-state index contributed by atoms with van der Waals surface area (Å²) in [4.78, 5) is 11.0. The summed E-state index contributed by atoms with van der Waals surface area (Å²) < 4.78 is 30.9. The molecule has 0 aromatic carbocycles. The first-order valence-corrected chi connectivity index (χ1v) is 7.64. The molecule has 2 heterocycles. The standard InChI is InChI=1S/C9H10ClNO5S2/c10-7-1-2-8(17-7)18(14,15)11-3-4-16-5-6(11)9(12)13/h1-2,6H,3-5H2,(H,12,13). The Kier molecular flexibility index (Phi) is 3.93. The van der Waals surface area contributed by atoms with Crippen LogP contribution in [-0.4, -0.2) is 49.6 Å². The molecule has 0 saturated carbocycles. The Labute approximate surface area is 113 Å². The van der Waals surface area contributed by atoms with E-state index in [1.165, 1.54) is 12.1 Å². The number of nitrogens with zero attached hydrogens (tertiary/aromatic N) is 1. The summed E-state index contributed by atoms with van der Waals surface area (Å²) >= 11 is 6.60. The zero-order chi connectivity index (χ0) is 13.3. The first kappa shape index (κ1) is 13.8. The molecule has 6 nitrogen and oxygen atoms in total. The summed E-state index contributed by atoms with van der Waals surface area (Å²) in [6.45, 7) is 0.0601. The number of halogens is 1. The quantitative estimate of drug-likeness (QED) is 0.895. The molecule has 1 aromatic rings. The first-order valence-electron chi connectivity index (χ1n) is 5.00. The molecule has 1 aliphatic heterocycles. The predicted octanol–water partition coefficient (Wildman–Crippen LogP) is 0.876. The van der Waals surface area contributed by atoms with E-state index in [0.29, 0.717) is 4.34 Å². The average Bonchev–Trinajstić information content (AvgIpc) is 2.76. The Balaban J connectivity index is 2.36. The number of carboxylic acids is 1. The van der Waals surface area contributed by atoms with Crippen molar-refractivity contribution in [3.05, 3.63) is 16.5 Å². The largest absolute Gasteiger partial charge is 0.480 e. The number of morpholine rings is 1. The van der Waals surface area contributed by atoms with Gasteiger partial charge in [0.25, 0.3) is 10.0 Å². The lowest BCUT2D eigenvalue weighted by Gasteiger charge is -2.31. The van der Waals surface area contributed by atoms with E-state index < -0.39 is 22.0 Å². The van der Waals surface area contributed by atoms with Crippen molar-refractivity contribution in [2.45, 2.75) is 10.3 Å². The number of aliphatic carboxylic acids is 1. The van der Waals surface area contributed by atoms with E-state index in [1.54, 1.807) is 0 Å². The summed E-state index contributed by atoms with van der Waals surface area (Å²) in [6.07, 6.45) is 0. The molecule has 1 saturated heterocycles. The van der Waals surface area contributed by atoms with Crippen LogP contribution >= 0.6 is 22.9 Å². The smallest absolute Gasteiger partial charge is 0.324 e. The molecule has 100 valence electrons. The van der Waals surface area contributed by atoms with Gasteiger partial charge in [0.05, 0.1) is 17.6 Å². The first-order chi connectivity index (χ1) is 8.43. The molecule has 1 fully saturated rings. The molecule has 0 aliphatic carbocycles. The van der Waals surface area contributed by atoms with Gasteiger partial charge in [-0.2, -0.15) is 4.31 Å². The average molecular weight is 312 g/mol. The van der Waals surface area contributed by atoms with Gasteiger partial charge < -0.3 is 9.84 Å². The summed E-state index contributed by atoms with van der Waals surface area (Å²) in [6, 6.07) is 1.65. The Bertz CT molecular complexity index is 555. The highest BCUT2D eigenvalue weighted by Gasteiger charge is 2.38. The molecule has 1 aliphatic rings. The van der Waals surface area contributed by atoms with Crippen molar-refractivity contribution < 1.29 is 23.1 Å². The SMILES string of the molecule is O=C(O)C1COCCN1S(=O)(=O)c1ccc(Cl)s1. The van der Waals surface area contributed by atoms with Crippen LogP contribution in [0.4, 0.5) is 0 Å². The van der Waals surface area contributed by atoms with Crippen LogP contribution < -0.4 is 0 Å². The number of hydrogen-bond donors (Lipinski definition) is 1. The summed E-state index contributed by atoms with van der Waals surface area (Å²) in [5.74, 6) is -1.22. The number of sulfonamides is 1. The molecule has 9 heteroatoms. The van der Waals surface area contributed by atoms with Gasteiger partial charge in [0.15, 0.2) is 0 Å². The van der Waals surface area contributed by atoms with Crippen LogP contribution in [0.5, 0.6) is 0 Å². The monoisotopic (exact) mass is 311 g/mol. The Morgan fingerprint density at radius 2 is 2.28 bits per heavy atom. The minimum Gasteiger partial charge on any atom is -0.480 e. The lowest BCUT2D eigenvalue weighted by molar-refractivity contribution is -0.146.